The Labute approximate surface area is 115 Å². The van der Waals surface area contributed by atoms with Crippen LogP contribution in [0.3, 0.4) is 0 Å². The molecule has 0 saturated heterocycles. The van der Waals surface area contributed by atoms with Crippen LogP contribution in [0.1, 0.15) is 31.7 Å². The van der Waals surface area contributed by atoms with E-state index in [0.29, 0.717) is 13.0 Å². The molecule has 1 heterocycles. The van der Waals surface area contributed by atoms with Gasteiger partial charge in [-0.25, -0.2) is 0 Å². The molecule has 0 fully saturated rings. The van der Waals surface area contributed by atoms with Crippen molar-refractivity contribution < 1.29 is 4.79 Å². The van der Waals surface area contributed by atoms with Gasteiger partial charge in [-0.05, 0) is 39.4 Å². The van der Waals surface area contributed by atoms with Crippen LogP contribution in [-0.2, 0) is 11.3 Å². The van der Waals surface area contributed by atoms with Crippen LogP contribution in [0.15, 0.2) is 15.2 Å². The van der Waals surface area contributed by atoms with Crippen molar-refractivity contribution in [3.63, 3.8) is 0 Å². The Bertz CT molecular complexity index is 367. The van der Waals surface area contributed by atoms with Gasteiger partial charge in [0.05, 0.1) is 3.79 Å². The Kier molecular flexibility index (Phi) is 6.16. The maximum absolute atomic E-state index is 11.9. The van der Waals surface area contributed by atoms with E-state index in [1.54, 1.807) is 16.2 Å². The van der Waals surface area contributed by atoms with Gasteiger partial charge in [-0.1, -0.05) is 13.3 Å². The fourth-order valence-electron chi connectivity index (χ4n) is 1.64. The number of nitrogens with zero attached hydrogens (tertiary/aromatic N) is 1. The maximum Gasteiger partial charge on any atom is 0.224 e. The van der Waals surface area contributed by atoms with Gasteiger partial charge in [-0.2, -0.15) is 0 Å². The highest BCUT2D eigenvalue weighted by atomic mass is 79.9. The van der Waals surface area contributed by atoms with Crippen LogP contribution in [0.2, 0.25) is 0 Å². The van der Waals surface area contributed by atoms with Crippen LogP contribution in [0.4, 0.5) is 0 Å². The van der Waals surface area contributed by atoms with Crippen LogP contribution in [0.5, 0.6) is 0 Å². The average molecular weight is 319 g/mol. The quantitative estimate of drug-likeness (QED) is 0.876. The van der Waals surface area contributed by atoms with Gasteiger partial charge in [0.15, 0.2) is 0 Å². The molecule has 0 aliphatic carbocycles. The lowest BCUT2D eigenvalue weighted by molar-refractivity contribution is -0.130. The average Bonchev–Trinajstić information content (AvgIpc) is 2.64. The standard InChI is InChI=1S/C12H19BrN2OS/c1-3-4-10(14)6-12(16)15(2)7-9-5-11(13)17-8-9/h5,8,10H,3-4,6-7,14H2,1-2H3. The summed E-state index contributed by atoms with van der Waals surface area (Å²) in [6.45, 7) is 2.73. The highest BCUT2D eigenvalue weighted by molar-refractivity contribution is 9.11. The van der Waals surface area contributed by atoms with Crippen molar-refractivity contribution in [2.24, 2.45) is 5.73 Å². The third kappa shape index (κ3) is 5.19. The first-order valence-corrected chi connectivity index (χ1v) is 7.42. The van der Waals surface area contributed by atoms with Crippen molar-refractivity contribution in [2.75, 3.05) is 7.05 Å². The number of hydrogen-bond donors (Lipinski definition) is 1. The third-order valence-electron chi connectivity index (χ3n) is 2.56. The highest BCUT2D eigenvalue weighted by Gasteiger charge is 2.13. The molecule has 0 aliphatic heterocycles. The largest absolute Gasteiger partial charge is 0.341 e. The van der Waals surface area contributed by atoms with Gasteiger partial charge in [0.25, 0.3) is 0 Å². The van der Waals surface area contributed by atoms with E-state index in [0.717, 1.165) is 22.2 Å². The van der Waals surface area contributed by atoms with Gasteiger partial charge < -0.3 is 10.6 Å². The molecule has 2 N–H and O–H groups in total. The first kappa shape index (κ1) is 14.7. The molecule has 0 aromatic carbocycles. The Morgan fingerprint density at radius 2 is 2.35 bits per heavy atom. The molecule has 1 rings (SSSR count). The summed E-state index contributed by atoms with van der Waals surface area (Å²) < 4.78 is 1.09. The lowest BCUT2D eigenvalue weighted by atomic mass is 10.1. The van der Waals surface area contributed by atoms with Crippen LogP contribution < -0.4 is 5.73 Å². The predicted molar refractivity (Wildman–Crippen MR) is 76.0 cm³/mol. The molecular weight excluding hydrogens is 300 g/mol. The van der Waals surface area contributed by atoms with Crippen molar-refractivity contribution in [3.8, 4) is 0 Å². The van der Waals surface area contributed by atoms with E-state index in [2.05, 4.69) is 28.2 Å². The zero-order valence-corrected chi connectivity index (χ0v) is 12.7. The Morgan fingerprint density at radius 3 is 2.88 bits per heavy atom. The van der Waals surface area contributed by atoms with E-state index in [9.17, 15) is 4.79 Å². The smallest absolute Gasteiger partial charge is 0.224 e. The van der Waals surface area contributed by atoms with Gasteiger partial charge >= 0.3 is 0 Å². The normalized spacial score (nSPS) is 12.5. The predicted octanol–water partition coefficient (Wildman–Crippen LogP) is 2.99. The number of carbonyl (C=O) groups excluding carboxylic acids is 1. The summed E-state index contributed by atoms with van der Waals surface area (Å²) in [5, 5.41) is 2.06. The maximum atomic E-state index is 11.9. The van der Waals surface area contributed by atoms with Gasteiger partial charge in [0, 0.05) is 26.1 Å². The second-order valence-electron chi connectivity index (χ2n) is 4.26. The number of halogens is 1. The van der Waals surface area contributed by atoms with E-state index in [1.165, 1.54) is 0 Å². The fraction of sp³-hybridized carbons (Fsp3) is 0.583. The molecule has 0 saturated carbocycles. The molecular formula is C12H19BrN2OS. The van der Waals surface area contributed by atoms with Crippen molar-refractivity contribution in [1.29, 1.82) is 0 Å². The number of carbonyl (C=O) groups is 1. The summed E-state index contributed by atoms with van der Waals surface area (Å²) >= 11 is 5.05. The molecule has 0 radical (unpaired) electrons. The minimum absolute atomic E-state index is 0.0100. The van der Waals surface area contributed by atoms with E-state index in [-0.39, 0.29) is 11.9 Å². The monoisotopic (exact) mass is 318 g/mol. The van der Waals surface area contributed by atoms with Gasteiger partial charge in [-0.3, -0.25) is 4.79 Å². The molecule has 1 aromatic heterocycles. The molecule has 0 bridgehead atoms. The molecule has 96 valence electrons. The van der Waals surface area contributed by atoms with Gasteiger partial charge in [0.1, 0.15) is 0 Å². The van der Waals surface area contributed by atoms with Crippen LogP contribution >= 0.6 is 27.3 Å². The second kappa shape index (κ2) is 7.13. The zero-order valence-electron chi connectivity index (χ0n) is 10.3. The molecule has 3 nitrogen and oxygen atoms in total. The van der Waals surface area contributed by atoms with Crippen LogP contribution in [-0.4, -0.2) is 23.9 Å². The van der Waals surface area contributed by atoms with Gasteiger partial charge in [-0.15, -0.1) is 11.3 Å². The number of thiophene rings is 1. The van der Waals surface area contributed by atoms with E-state index in [1.807, 2.05) is 13.1 Å². The number of nitrogens with two attached hydrogens (primary N) is 1. The summed E-state index contributed by atoms with van der Waals surface area (Å²) in [5.74, 6) is 0.119. The topological polar surface area (TPSA) is 46.3 Å². The number of amides is 1. The summed E-state index contributed by atoms with van der Waals surface area (Å²) in [7, 11) is 1.83. The Balaban J connectivity index is 2.41. The zero-order chi connectivity index (χ0) is 12.8. The van der Waals surface area contributed by atoms with E-state index in [4.69, 9.17) is 5.73 Å². The molecule has 17 heavy (non-hydrogen) atoms. The molecule has 1 aromatic rings. The van der Waals surface area contributed by atoms with E-state index >= 15 is 0 Å². The highest BCUT2D eigenvalue weighted by Crippen LogP contribution is 2.21. The Morgan fingerprint density at radius 1 is 1.65 bits per heavy atom. The summed E-state index contributed by atoms with van der Waals surface area (Å²) in [6.07, 6.45) is 2.37. The van der Waals surface area contributed by atoms with Crippen molar-refractivity contribution in [1.82, 2.24) is 4.90 Å². The summed E-state index contributed by atoms with van der Waals surface area (Å²) in [4.78, 5) is 13.6. The fourth-order valence-corrected chi connectivity index (χ4v) is 2.84. The molecule has 1 atom stereocenters. The molecule has 5 heteroatoms. The molecule has 1 unspecified atom stereocenters. The number of hydrogen-bond acceptors (Lipinski definition) is 3. The SMILES string of the molecule is CCCC(N)CC(=O)N(C)Cc1csc(Br)c1. The van der Waals surface area contributed by atoms with Crippen molar-refractivity contribution in [3.05, 3.63) is 20.8 Å². The second-order valence-corrected chi connectivity index (χ2v) is 6.55. The minimum atomic E-state index is -0.0100. The molecule has 0 aliphatic rings. The van der Waals surface area contributed by atoms with Crippen molar-refractivity contribution >= 4 is 33.2 Å². The number of rotatable bonds is 6. The van der Waals surface area contributed by atoms with Crippen LogP contribution in [0.25, 0.3) is 0 Å². The lowest BCUT2D eigenvalue weighted by Crippen LogP contribution is -2.32. The minimum Gasteiger partial charge on any atom is -0.341 e. The first-order chi connectivity index (χ1) is 8.02. The third-order valence-corrected chi connectivity index (χ3v) is 4.12. The van der Waals surface area contributed by atoms with Crippen molar-refractivity contribution in [2.45, 2.75) is 38.8 Å². The van der Waals surface area contributed by atoms with Gasteiger partial charge in [0.2, 0.25) is 5.91 Å². The molecule has 0 spiro atoms. The summed E-state index contributed by atoms with van der Waals surface area (Å²) in [5.41, 5.74) is 7.02. The van der Waals surface area contributed by atoms with E-state index < -0.39 is 0 Å². The van der Waals surface area contributed by atoms with Crippen LogP contribution in [0, 0.1) is 0 Å². The Hall–Kier alpha value is -0.390. The first-order valence-electron chi connectivity index (χ1n) is 5.75. The molecule has 1 amide bonds. The lowest BCUT2D eigenvalue weighted by Gasteiger charge is -2.18. The summed E-state index contributed by atoms with van der Waals surface area (Å²) in [6, 6.07) is 2.03.